The number of benzene rings is 1. The van der Waals surface area contributed by atoms with Crippen LogP contribution in [0, 0.1) is 5.92 Å². The zero-order valence-corrected chi connectivity index (χ0v) is 16.8. The van der Waals surface area contributed by atoms with Gasteiger partial charge in [0.25, 0.3) is 5.91 Å². The molecule has 1 N–H and O–H groups in total. The van der Waals surface area contributed by atoms with Crippen LogP contribution in [-0.2, 0) is 4.79 Å². The van der Waals surface area contributed by atoms with E-state index in [1.54, 1.807) is 0 Å². The Morgan fingerprint density at radius 1 is 1.21 bits per heavy atom. The minimum Gasteiger partial charge on any atom is -0.348 e. The molecule has 28 heavy (non-hydrogen) atoms. The minimum absolute atomic E-state index is 0.0294. The van der Waals surface area contributed by atoms with Gasteiger partial charge in [-0.15, -0.1) is 0 Å². The number of hydrogen-bond acceptors (Lipinski definition) is 3. The summed E-state index contributed by atoms with van der Waals surface area (Å²) in [5, 5.41) is 10.2. The molecule has 1 aromatic rings. The van der Waals surface area contributed by atoms with Gasteiger partial charge in [-0.2, -0.15) is 5.10 Å². The molecule has 0 radical (unpaired) electrons. The second kappa shape index (κ2) is 8.76. The molecule has 0 saturated heterocycles. The van der Waals surface area contributed by atoms with Gasteiger partial charge in [-0.25, -0.2) is 0 Å². The van der Waals surface area contributed by atoms with E-state index in [0.717, 1.165) is 32.2 Å². The van der Waals surface area contributed by atoms with Gasteiger partial charge in [0.2, 0.25) is 0 Å². The van der Waals surface area contributed by atoms with Crippen LogP contribution in [0.2, 0.25) is 0 Å². The van der Waals surface area contributed by atoms with Crippen LogP contribution in [0.5, 0.6) is 0 Å². The van der Waals surface area contributed by atoms with Crippen molar-refractivity contribution in [1.82, 2.24) is 10.3 Å². The third-order valence-electron chi connectivity index (χ3n) is 6.13. The van der Waals surface area contributed by atoms with Crippen LogP contribution in [-0.4, -0.2) is 35.3 Å². The van der Waals surface area contributed by atoms with Crippen molar-refractivity contribution in [3.63, 3.8) is 0 Å². The number of amides is 1. The van der Waals surface area contributed by atoms with E-state index >= 15 is 0 Å². The number of rotatable bonds is 8. The van der Waals surface area contributed by atoms with Gasteiger partial charge in [-0.1, -0.05) is 74.4 Å². The molecule has 1 saturated carbocycles. The highest BCUT2D eigenvalue weighted by Crippen LogP contribution is 2.40. The van der Waals surface area contributed by atoms with Crippen molar-refractivity contribution in [3.05, 3.63) is 60.2 Å². The topological polar surface area (TPSA) is 44.7 Å². The first kappa shape index (κ1) is 19.0. The Bertz CT molecular complexity index is 767. The Morgan fingerprint density at radius 2 is 2.07 bits per heavy atom. The Balaban J connectivity index is 1.37. The molecule has 0 bridgehead atoms. The second-order valence-corrected chi connectivity index (χ2v) is 8.23. The highest BCUT2D eigenvalue weighted by Gasteiger charge is 2.41. The van der Waals surface area contributed by atoms with Crippen LogP contribution in [0.3, 0.4) is 0 Å². The first-order valence-electron chi connectivity index (χ1n) is 10.8. The summed E-state index contributed by atoms with van der Waals surface area (Å²) in [6.45, 7) is 3.16. The van der Waals surface area contributed by atoms with E-state index in [0.29, 0.717) is 23.6 Å². The summed E-state index contributed by atoms with van der Waals surface area (Å²) >= 11 is 0. The number of nitrogens with zero attached hydrogens (tertiary/aromatic N) is 2. The van der Waals surface area contributed by atoms with Crippen LogP contribution >= 0.6 is 0 Å². The van der Waals surface area contributed by atoms with Crippen molar-refractivity contribution in [2.24, 2.45) is 11.0 Å². The zero-order valence-electron chi connectivity index (χ0n) is 16.8. The number of hydrogen-bond donors (Lipinski definition) is 1. The number of carbonyl (C=O) groups is 1. The number of unbranched alkanes of at least 4 members (excludes halogenated alkanes) is 2. The fraction of sp³-hybridized carbons (Fsp3) is 0.500. The normalized spacial score (nSPS) is 28.3. The molecule has 0 spiro atoms. The van der Waals surface area contributed by atoms with Gasteiger partial charge >= 0.3 is 0 Å². The van der Waals surface area contributed by atoms with E-state index < -0.39 is 0 Å². The van der Waals surface area contributed by atoms with Crippen LogP contribution < -0.4 is 5.32 Å². The summed E-state index contributed by atoms with van der Waals surface area (Å²) in [6.07, 6.45) is 15.1. The van der Waals surface area contributed by atoms with E-state index in [1.165, 1.54) is 18.4 Å². The Kier molecular flexibility index (Phi) is 5.94. The van der Waals surface area contributed by atoms with Crippen LogP contribution in [0.4, 0.5) is 0 Å². The second-order valence-electron chi connectivity index (χ2n) is 8.23. The number of nitrogens with one attached hydrogen (secondary N) is 1. The molecule has 2 aliphatic carbocycles. The minimum atomic E-state index is 0.0294. The fourth-order valence-electron chi connectivity index (χ4n) is 4.38. The lowest BCUT2D eigenvalue weighted by Crippen LogP contribution is -2.36. The molecule has 4 heteroatoms. The molecular formula is C24H31N3O. The molecule has 1 amide bonds. The van der Waals surface area contributed by atoms with Gasteiger partial charge in [-0.3, -0.25) is 9.80 Å². The van der Waals surface area contributed by atoms with Gasteiger partial charge in [0.15, 0.2) is 0 Å². The molecule has 148 valence electrons. The summed E-state index contributed by atoms with van der Waals surface area (Å²) in [4.78, 5) is 12.9. The van der Waals surface area contributed by atoms with Crippen molar-refractivity contribution in [2.45, 2.75) is 63.5 Å². The van der Waals surface area contributed by atoms with Crippen LogP contribution in [0.1, 0.15) is 56.9 Å². The third kappa shape index (κ3) is 4.37. The number of carbonyl (C=O) groups excluding carboxylic acids is 1. The smallest absolute Gasteiger partial charge is 0.267 e. The molecule has 1 heterocycles. The van der Waals surface area contributed by atoms with Crippen molar-refractivity contribution < 1.29 is 4.79 Å². The molecule has 4 nitrogen and oxygen atoms in total. The van der Waals surface area contributed by atoms with Crippen molar-refractivity contribution >= 4 is 11.6 Å². The lowest BCUT2D eigenvalue weighted by Gasteiger charge is -2.29. The summed E-state index contributed by atoms with van der Waals surface area (Å²) in [6, 6.07) is 11.0. The number of hydrazone groups is 1. The zero-order chi connectivity index (χ0) is 19.3. The molecule has 4 atom stereocenters. The summed E-state index contributed by atoms with van der Waals surface area (Å²) in [7, 11) is 0. The predicted octanol–water partition coefficient (Wildman–Crippen LogP) is 4.41. The number of allylic oxidation sites excluding steroid dienone is 3. The molecular weight excluding hydrogens is 346 g/mol. The maximum Gasteiger partial charge on any atom is 0.267 e. The van der Waals surface area contributed by atoms with Crippen molar-refractivity contribution in [3.8, 4) is 0 Å². The van der Waals surface area contributed by atoms with Crippen LogP contribution in [0.15, 0.2) is 59.7 Å². The van der Waals surface area contributed by atoms with Gasteiger partial charge in [-0.05, 0) is 24.8 Å². The van der Waals surface area contributed by atoms with Gasteiger partial charge < -0.3 is 5.32 Å². The quantitative estimate of drug-likeness (QED) is 0.682. The Labute approximate surface area is 168 Å². The first-order chi connectivity index (χ1) is 13.8. The third-order valence-corrected chi connectivity index (χ3v) is 6.13. The Hall–Kier alpha value is -2.36. The van der Waals surface area contributed by atoms with E-state index in [-0.39, 0.29) is 11.9 Å². The van der Waals surface area contributed by atoms with E-state index in [9.17, 15) is 4.79 Å². The van der Waals surface area contributed by atoms with Gasteiger partial charge in [0.05, 0.1) is 6.04 Å². The standard InChI is InChI=1S/C24H31N3O/c1-2-3-10-15-27-23(19-13-8-5-9-14-19)17-22(26-27)24(28)25-21-16-20(21)18-11-6-4-7-12-18/h4-9,11-13,19-21,23H,2-3,10,14-17H2,1H3,(H,25,28). The van der Waals surface area contributed by atoms with Gasteiger partial charge in [0.1, 0.15) is 5.71 Å². The molecule has 4 rings (SSSR count). The highest BCUT2D eigenvalue weighted by molar-refractivity contribution is 6.39. The van der Waals surface area contributed by atoms with E-state index in [1.807, 2.05) is 6.07 Å². The molecule has 3 aliphatic rings. The maximum atomic E-state index is 12.9. The van der Waals surface area contributed by atoms with Crippen LogP contribution in [0.25, 0.3) is 0 Å². The largest absolute Gasteiger partial charge is 0.348 e. The summed E-state index contributed by atoms with van der Waals surface area (Å²) < 4.78 is 0. The average Bonchev–Trinajstić information content (AvgIpc) is 3.37. The first-order valence-corrected chi connectivity index (χ1v) is 10.8. The molecule has 0 aromatic heterocycles. The monoisotopic (exact) mass is 377 g/mol. The summed E-state index contributed by atoms with van der Waals surface area (Å²) in [5.41, 5.74) is 2.03. The average molecular weight is 378 g/mol. The highest BCUT2D eigenvalue weighted by atomic mass is 16.2. The van der Waals surface area contributed by atoms with E-state index in [4.69, 9.17) is 5.10 Å². The lowest BCUT2D eigenvalue weighted by molar-refractivity contribution is -0.115. The Morgan fingerprint density at radius 3 is 2.82 bits per heavy atom. The van der Waals surface area contributed by atoms with E-state index in [2.05, 4.69) is 65.8 Å². The maximum absolute atomic E-state index is 12.9. The van der Waals surface area contributed by atoms with Crippen molar-refractivity contribution in [1.29, 1.82) is 0 Å². The lowest BCUT2D eigenvalue weighted by atomic mass is 9.89. The molecule has 1 aliphatic heterocycles. The van der Waals surface area contributed by atoms with Gasteiger partial charge in [0, 0.05) is 30.8 Å². The SMILES string of the molecule is CCCCCN1N=C(C(=O)NC2CC2c2ccccc2)CC1C1C=CC=CC1. The predicted molar refractivity (Wildman–Crippen MR) is 114 cm³/mol. The fourth-order valence-corrected chi connectivity index (χ4v) is 4.38. The molecule has 1 fully saturated rings. The molecule has 1 aromatic carbocycles. The van der Waals surface area contributed by atoms with Crippen molar-refractivity contribution in [2.75, 3.05) is 6.54 Å². The molecule has 4 unspecified atom stereocenters. The summed E-state index contributed by atoms with van der Waals surface area (Å²) in [5.74, 6) is 0.926.